The second kappa shape index (κ2) is 9.86. The highest BCUT2D eigenvalue weighted by Crippen LogP contribution is 2.33. The van der Waals surface area contributed by atoms with Crippen molar-refractivity contribution in [2.75, 3.05) is 49.1 Å². The van der Waals surface area contributed by atoms with E-state index in [1.807, 2.05) is 5.32 Å². The van der Waals surface area contributed by atoms with Crippen molar-refractivity contribution in [3.8, 4) is 0 Å². The first-order valence-corrected chi connectivity index (χ1v) is 10.8. The number of nitrogens with one attached hydrogen (secondary N) is 1. The van der Waals surface area contributed by atoms with Gasteiger partial charge in [-0.3, -0.25) is 19.3 Å². The molecule has 3 fully saturated rings. The number of halogens is 3. The SMILES string of the molecule is O=C(NC[C@H]1CN(c2ccc(N3CCON(C(=O)CC4CC4)CC3)c(F)c2)C(=O)O1)C(F)F. The predicted octanol–water partition coefficient (Wildman–Crippen LogP) is 1.91. The Balaban J connectivity index is 1.35. The molecule has 1 atom stereocenters. The molecule has 2 saturated heterocycles. The van der Waals surface area contributed by atoms with Gasteiger partial charge < -0.3 is 15.0 Å². The molecule has 0 aromatic heterocycles. The summed E-state index contributed by atoms with van der Waals surface area (Å²) >= 11 is 0. The van der Waals surface area contributed by atoms with Gasteiger partial charge in [0.25, 0.3) is 5.91 Å². The highest BCUT2D eigenvalue weighted by molar-refractivity contribution is 5.90. The van der Waals surface area contributed by atoms with Gasteiger partial charge >= 0.3 is 12.5 Å². The molecule has 2 heterocycles. The number of amides is 3. The minimum absolute atomic E-state index is 0.0171. The van der Waals surface area contributed by atoms with Crippen molar-refractivity contribution >= 4 is 29.3 Å². The van der Waals surface area contributed by atoms with Crippen LogP contribution in [0.5, 0.6) is 0 Å². The molecule has 4 rings (SSSR count). The van der Waals surface area contributed by atoms with Crippen LogP contribution in [0, 0.1) is 11.7 Å². The lowest BCUT2D eigenvalue weighted by molar-refractivity contribution is -0.182. The Hall–Kier alpha value is -3.02. The van der Waals surface area contributed by atoms with Gasteiger partial charge in [-0.25, -0.2) is 14.2 Å². The number of ether oxygens (including phenoxy) is 1. The third-order valence-corrected chi connectivity index (χ3v) is 5.78. The molecule has 180 valence electrons. The number of rotatable bonds is 7. The highest BCUT2D eigenvalue weighted by atomic mass is 19.3. The van der Waals surface area contributed by atoms with Crippen LogP contribution in [0.2, 0.25) is 0 Å². The Bertz CT molecular complexity index is 914. The normalized spacial score (nSPS) is 21.3. The van der Waals surface area contributed by atoms with E-state index in [2.05, 4.69) is 0 Å². The predicted molar refractivity (Wildman–Crippen MR) is 110 cm³/mol. The van der Waals surface area contributed by atoms with E-state index in [1.54, 1.807) is 11.0 Å². The van der Waals surface area contributed by atoms with Crippen molar-refractivity contribution in [1.82, 2.24) is 10.4 Å². The molecule has 1 saturated carbocycles. The lowest BCUT2D eigenvalue weighted by Gasteiger charge is -2.24. The molecule has 2 aliphatic heterocycles. The molecule has 1 N–H and O–H groups in total. The Morgan fingerprint density at radius 3 is 2.67 bits per heavy atom. The Morgan fingerprint density at radius 2 is 1.97 bits per heavy atom. The average Bonchev–Trinajstić information content (AvgIpc) is 3.56. The summed E-state index contributed by atoms with van der Waals surface area (Å²) in [5.74, 6) is -1.62. The van der Waals surface area contributed by atoms with Gasteiger partial charge in [-0.05, 0) is 37.0 Å². The van der Waals surface area contributed by atoms with Crippen molar-refractivity contribution in [2.45, 2.75) is 31.8 Å². The Kier molecular flexibility index (Phi) is 6.91. The zero-order chi connectivity index (χ0) is 23.5. The lowest BCUT2D eigenvalue weighted by atomic mass is 10.2. The van der Waals surface area contributed by atoms with Crippen molar-refractivity contribution in [1.29, 1.82) is 0 Å². The van der Waals surface area contributed by atoms with Crippen LogP contribution in [0.4, 0.5) is 29.3 Å². The maximum Gasteiger partial charge on any atom is 0.414 e. The summed E-state index contributed by atoms with van der Waals surface area (Å²) in [6.07, 6.45) is -2.14. The summed E-state index contributed by atoms with van der Waals surface area (Å²) < 4.78 is 44.6. The Labute approximate surface area is 188 Å². The summed E-state index contributed by atoms with van der Waals surface area (Å²) in [6.45, 7) is 1.05. The number of hydroxylamine groups is 2. The van der Waals surface area contributed by atoms with Crippen LogP contribution in [0.25, 0.3) is 0 Å². The summed E-state index contributed by atoms with van der Waals surface area (Å²) in [7, 11) is 0. The van der Waals surface area contributed by atoms with E-state index in [9.17, 15) is 27.6 Å². The van der Waals surface area contributed by atoms with Crippen molar-refractivity contribution in [2.24, 2.45) is 5.92 Å². The van der Waals surface area contributed by atoms with Gasteiger partial charge in [0.15, 0.2) is 0 Å². The smallest absolute Gasteiger partial charge is 0.414 e. The molecule has 0 unspecified atom stereocenters. The van der Waals surface area contributed by atoms with Crippen LogP contribution in [-0.2, 0) is 19.2 Å². The number of hydrogen-bond donors (Lipinski definition) is 1. The fourth-order valence-corrected chi connectivity index (χ4v) is 3.81. The van der Waals surface area contributed by atoms with Gasteiger partial charge in [0.05, 0.1) is 37.6 Å². The van der Waals surface area contributed by atoms with Crippen LogP contribution in [-0.4, -0.2) is 74.8 Å². The molecule has 3 amide bonds. The molecule has 1 aromatic rings. The van der Waals surface area contributed by atoms with Crippen LogP contribution < -0.4 is 15.1 Å². The van der Waals surface area contributed by atoms with Crippen molar-refractivity contribution in [3.05, 3.63) is 24.0 Å². The second-order valence-electron chi connectivity index (χ2n) is 8.26. The number of alkyl halides is 2. The first-order chi connectivity index (χ1) is 15.8. The third-order valence-electron chi connectivity index (χ3n) is 5.78. The number of carbonyl (C=O) groups is 3. The summed E-state index contributed by atoms with van der Waals surface area (Å²) in [4.78, 5) is 43.9. The molecule has 9 nitrogen and oxygen atoms in total. The number of nitrogens with zero attached hydrogens (tertiary/aromatic N) is 3. The second-order valence-corrected chi connectivity index (χ2v) is 8.26. The molecule has 0 bridgehead atoms. The van der Waals surface area contributed by atoms with E-state index in [4.69, 9.17) is 9.57 Å². The largest absolute Gasteiger partial charge is 0.442 e. The molecule has 1 aromatic carbocycles. The molecular weight excluding hydrogens is 445 g/mol. The van der Waals surface area contributed by atoms with Crippen LogP contribution >= 0.6 is 0 Å². The topological polar surface area (TPSA) is 91.4 Å². The van der Waals surface area contributed by atoms with Crippen LogP contribution in [0.1, 0.15) is 19.3 Å². The monoisotopic (exact) mass is 470 g/mol. The van der Waals surface area contributed by atoms with Gasteiger partial charge in [-0.15, -0.1) is 0 Å². The van der Waals surface area contributed by atoms with Crippen molar-refractivity contribution in [3.63, 3.8) is 0 Å². The molecule has 0 radical (unpaired) electrons. The maximum absolute atomic E-state index is 14.9. The summed E-state index contributed by atoms with van der Waals surface area (Å²) in [5.41, 5.74) is 0.559. The summed E-state index contributed by atoms with van der Waals surface area (Å²) in [6, 6.07) is 4.28. The van der Waals surface area contributed by atoms with E-state index in [-0.39, 0.29) is 31.3 Å². The first kappa shape index (κ1) is 23.1. The maximum atomic E-state index is 14.9. The molecule has 3 aliphatic rings. The minimum atomic E-state index is -3.16. The number of cyclic esters (lactones) is 1. The number of carbonyl (C=O) groups excluding carboxylic acids is 3. The van der Waals surface area contributed by atoms with E-state index in [1.165, 1.54) is 22.1 Å². The zero-order valence-electron chi connectivity index (χ0n) is 17.8. The molecule has 1 aliphatic carbocycles. The number of anilines is 2. The van der Waals surface area contributed by atoms with Crippen LogP contribution in [0.3, 0.4) is 0 Å². The van der Waals surface area contributed by atoms with Gasteiger partial charge in [0, 0.05) is 19.5 Å². The van der Waals surface area contributed by atoms with E-state index < -0.39 is 30.3 Å². The van der Waals surface area contributed by atoms with E-state index >= 15 is 0 Å². The fraction of sp³-hybridized carbons (Fsp3) is 0.571. The number of benzene rings is 1. The van der Waals surface area contributed by atoms with Gasteiger partial charge in [0.1, 0.15) is 11.9 Å². The van der Waals surface area contributed by atoms with E-state index in [0.717, 1.165) is 12.8 Å². The minimum Gasteiger partial charge on any atom is -0.442 e. The van der Waals surface area contributed by atoms with Gasteiger partial charge in [-0.2, -0.15) is 8.78 Å². The zero-order valence-corrected chi connectivity index (χ0v) is 17.8. The van der Waals surface area contributed by atoms with Crippen molar-refractivity contribution < 1.29 is 37.1 Å². The molecule has 12 heteroatoms. The van der Waals surface area contributed by atoms with Gasteiger partial charge in [-0.1, -0.05) is 0 Å². The first-order valence-electron chi connectivity index (χ1n) is 10.8. The van der Waals surface area contributed by atoms with Crippen LogP contribution in [0.15, 0.2) is 18.2 Å². The standard InChI is InChI=1S/C21H25F3N4O5/c22-16-10-14(27-12-15(33-21(27)31)11-25-20(30)19(23)24)3-4-17(16)26-5-6-28(32-8-7-26)18(29)9-13-1-2-13/h3-4,10,13,15,19H,1-2,5-9,11-12H2,(H,25,30)/t15-/m0/s1. The lowest BCUT2D eigenvalue weighted by Crippen LogP contribution is -2.37. The quantitative estimate of drug-likeness (QED) is 0.655. The Morgan fingerprint density at radius 1 is 1.18 bits per heavy atom. The summed E-state index contributed by atoms with van der Waals surface area (Å²) in [5, 5.41) is 3.36. The molecule has 33 heavy (non-hydrogen) atoms. The third kappa shape index (κ3) is 5.67. The number of hydrogen-bond acceptors (Lipinski definition) is 6. The fourth-order valence-electron chi connectivity index (χ4n) is 3.81. The molecule has 0 spiro atoms. The molecular formula is C21H25F3N4O5. The average molecular weight is 470 g/mol. The highest BCUT2D eigenvalue weighted by Gasteiger charge is 2.34. The van der Waals surface area contributed by atoms with E-state index in [0.29, 0.717) is 37.7 Å². The van der Waals surface area contributed by atoms with Gasteiger partial charge in [0.2, 0.25) is 5.91 Å².